The highest BCUT2D eigenvalue weighted by Gasteiger charge is 2.32. The lowest BCUT2D eigenvalue weighted by atomic mass is 9.89. The standard InChI is InChI=1S/C27H27P/c1-3-21-19-22(4-2)27(20-21)23-15-17-26(18-16-23)28(24-11-7-5-8-12-24)25-13-9-6-10-14-25/h3-18,21-22,27H,1-2,19-20H2/t21-,22+,27+/m0/s1. The monoisotopic (exact) mass is 382 g/mol. The normalized spacial score (nSPS) is 21.5. The van der Waals surface area contributed by atoms with Gasteiger partial charge in [0.25, 0.3) is 0 Å². The summed E-state index contributed by atoms with van der Waals surface area (Å²) in [6, 6.07) is 31.2. The molecule has 3 aromatic carbocycles. The molecule has 3 aromatic rings. The van der Waals surface area contributed by atoms with E-state index in [-0.39, 0.29) is 0 Å². The van der Waals surface area contributed by atoms with Crippen molar-refractivity contribution >= 4 is 23.8 Å². The maximum atomic E-state index is 4.08. The van der Waals surface area contributed by atoms with Crippen molar-refractivity contribution in [2.75, 3.05) is 0 Å². The van der Waals surface area contributed by atoms with Crippen LogP contribution >= 0.6 is 7.92 Å². The Labute approximate surface area is 170 Å². The van der Waals surface area contributed by atoms with Gasteiger partial charge >= 0.3 is 0 Å². The molecule has 0 nitrogen and oxygen atoms in total. The second-order valence-corrected chi connectivity index (χ2v) is 9.79. The molecule has 1 saturated carbocycles. The van der Waals surface area contributed by atoms with Gasteiger partial charge in [-0.2, -0.15) is 0 Å². The maximum Gasteiger partial charge on any atom is -0.00933 e. The van der Waals surface area contributed by atoms with Crippen molar-refractivity contribution in [1.29, 1.82) is 0 Å². The van der Waals surface area contributed by atoms with Crippen LogP contribution in [-0.2, 0) is 0 Å². The summed E-state index contributed by atoms with van der Waals surface area (Å²) >= 11 is 0. The predicted molar refractivity (Wildman–Crippen MR) is 124 cm³/mol. The first-order chi connectivity index (χ1) is 13.8. The van der Waals surface area contributed by atoms with Gasteiger partial charge in [0, 0.05) is 0 Å². The molecule has 0 aliphatic heterocycles. The lowest BCUT2D eigenvalue weighted by Gasteiger charge is -2.21. The van der Waals surface area contributed by atoms with E-state index in [0.29, 0.717) is 17.8 Å². The Morgan fingerprint density at radius 3 is 1.68 bits per heavy atom. The average Bonchev–Trinajstić information content (AvgIpc) is 3.20. The highest BCUT2D eigenvalue weighted by atomic mass is 31.1. The van der Waals surface area contributed by atoms with Gasteiger partial charge in [0.1, 0.15) is 0 Å². The molecule has 0 saturated heterocycles. The molecule has 3 atom stereocenters. The number of hydrogen-bond donors (Lipinski definition) is 0. The van der Waals surface area contributed by atoms with Crippen LogP contribution in [0.4, 0.5) is 0 Å². The van der Waals surface area contributed by atoms with Crippen molar-refractivity contribution < 1.29 is 0 Å². The molecule has 0 N–H and O–H groups in total. The quantitative estimate of drug-likeness (QED) is 0.366. The highest BCUT2D eigenvalue weighted by Crippen LogP contribution is 2.44. The molecule has 1 heteroatoms. The van der Waals surface area contributed by atoms with Crippen LogP contribution in [0.15, 0.2) is 110 Å². The predicted octanol–water partition coefficient (Wildman–Crippen LogP) is 5.93. The van der Waals surface area contributed by atoms with Gasteiger partial charge in [-0.15, -0.1) is 13.2 Å². The van der Waals surface area contributed by atoms with E-state index in [0.717, 1.165) is 0 Å². The minimum Gasteiger partial charge on any atom is -0.103 e. The molecule has 1 fully saturated rings. The Balaban J connectivity index is 1.67. The van der Waals surface area contributed by atoms with Crippen molar-refractivity contribution in [3.05, 3.63) is 116 Å². The molecular formula is C27H27P. The van der Waals surface area contributed by atoms with E-state index >= 15 is 0 Å². The van der Waals surface area contributed by atoms with E-state index in [1.807, 2.05) is 0 Å². The van der Waals surface area contributed by atoms with E-state index in [1.165, 1.54) is 34.3 Å². The number of benzene rings is 3. The van der Waals surface area contributed by atoms with Crippen LogP contribution in [0.5, 0.6) is 0 Å². The van der Waals surface area contributed by atoms with Crippen LogP contribution in [0.1, 0.15) is 24.3 Å². The second-order valence-electron chi connectivity index (χ2n) is 7.57. The first kappa shape index (κ1) is 18.9. The van der Waals surface area contributed by atoms with E-state index in [4.69, 9.17) is 0 Å². The average molecular weight is 382 g/mol. The van der Waals surface area contributed by atoms with Gasteiger partial charge < -0.3 is 0 Å². The lowest BCUT2D eigenvalue weighted by molar-refractivity contribution is 0.591. The van der Waals surface area contributed by atoms with Gasteiger partial charge in [-0.3, -0.25) is 0 Å². The first-order valence-electron chi connectivity index (χ1n) is 10.1. The zero-order chi connectivity index (χ0) is 19.3. The number of hydrogen-bond acceptors (Lipinski definition) is 0. The lowest BCUT2D eigenvalue weighted by Crippen LogP contribution is -2.20. The fourth-order valence-electron chi connectivity index (χ4n) is 4.42. The van der Waals surface area contributed by atoms with Crippen LogP contribution in [0, 0.1) is 11.8 Å². The Bertz CT molecular complexity index is 872. The van der Waals surface area contributed by atoms with E-state index < -0.39 is 7.92 Å². The van der Waals surface area contributed by atoms with Crippen molar-refractivity contribution in [2.45, 2.75) is 18.8 Å². The summed E-state index contributed by atoms with van der Waals surface area (Å²) in [5.74, 6) is 1.73. The molecule has 0 radical (unpaired) electrons. The van der Waals surface area contributed by atoms with Crippen LogP contribution in [0.3, 0.4) is 0 Å². The fourth-order valence-corrected chi connectivity index (χ4v) is 6.70. The summed E-state index contributed by atoms with van der Waals surface area (Å²) in [6.45, 7) is 8.09. The molecule has 0 aromatic heterocycles. The Hall–Kier alpha value is -2.43. The van der Waals surface area contributed by atoms with Gasteiger partial charge in [0.05, 0.1) is 0 Å². The molecular weight excluding hydrogens is 355 g/mol. The van der Waals surface area contributed by atoms with Gasteiger partial charge in [-0.05, 0) is 60.0 Å². The van der Waals surface area contributed by atoms with Gasteiger partial charge in [0.2, 0.25) is 0 Å². The second kappa shape index (κ2) is 8.72. The van der Waals surface area contributed by atoms with Gasteiger partial charge in [-0.25, -0.2) is 0 Å². The number of allylic oxidation sites excluding steroid dienone is 2. The van der Waals surface area contributed by atoms with Crippen molar-refractivity contribution in [2.24, 2.45) is 11.8 Å². The summed E-state index contributed by atoms with van der Waals surface area (Å²) in [7, 11) is -0.533. The van der Waals surface area contributed by atoms with Crippen LogP contribution < -0.4 is 15.9 Å². The van der Waals surface area contributed by atoms with E-state index in [1.54, 1.807) is 0 Å². The van der Waals surface area contributed by atoms with Crippen molar-refractivity contribution in [3.8, 4) is 0 Å². The summed E-state index contributed by atoms with van der Waals surface area (Å²) < 4.78 is 0. The minimum atomic E-state index is -0.533. The van der Waals surface area contributed by atoms with Gasteiger partial charge in [0.15, 0.2) is 0 Å². The molecule has 1 aliphatic carbocycles. The van der Waals surface area contributed by atoms with Gasteiger partial charge in [-0.1, -0.05) is 97.1 Å². The molecule has 0 amide bonds. The third-order valence-corrected chi connectivity index (χ3v) is 8.34. The molecule has 0 spiro atoms. The molecule has 0 unspecified atom stereocenters. The van der Waals surface area contributed by atoms with Crippen LogP contribution in [-0.4, -0.2) is 0 Å². The Morgan fingerprint density at radius 2 is 1.18 bits per heavy atom. The topological polar surface area (TPSA) is 0 Å². The molecule has 4 rings (SSSR count). The first-order valence-corrected chi connectivity index (χ1v) is 11.4. The Kier molecular flexibility index (Phi) is 5.89. The largest absolute Gasteiger partial charge is 0.103 e. The Morgan fingerprint density at radius 1 is 0.643 bits per heavy atom. The zero-order valence-electron chi connectivity index (χ0n) is 16.2. The van der Waals surface area contributed by atoms with Crippen molar-refractivity contribution in [1.82, 2.24) is 0 Å². The summed E-state index contributed by atoms with van der Waals surface area (Å²) in [4.78, 5) is 0. The van der Waals surface area contributed by atoms with Crippen molar-refractivity contribution in [3.63, 3.8) is 0 Å². The summed E-state index contributed by atoms with van der Waals surface area (Å²) in [5.41, 5.74) is 1.44. The minimum absolute atomic E-state index is 0.533. The zero-order valence-corrected chi connectivity index (χ0v) is 17.1. The third-order valence-electron chi connectivity index (χ3n) is 5.89. The smallest absolute Gasteiger partial charge is 0.00933 e. The van der Waals surface area contributed by atoms with Crippen LogP contribution in [0.25, 0.3) is 0 Å². The van der Waals surface area contributed by atoms with Crippen LogP contribution in [0.2, 0.25) is 0 Å². The van der Waals surface area contributed by atoms with E-state index in [9.17, 15) is 0 Å². The third kappa shape index (κ3) is 3.89. The summed E-state index contributed by atoms with van der Waals surface area (Å²) in [6.07, 6.45) is 6.63. The molecule has 0 heterocycles. The maximum absolute atomic E-state index is 4.08. The van der Waals surface area contributed by atoms with E-state index in [2.05, 4.69) is 110 Å². The highest BCUT2D eigenvalue weighted by molar-refractivity contribution is 7.79. The molecule has 140 valence electrons. The molecule has 0 bridgehead atoms. The molecule has 1 aliphatic rings. The number of rotatable bonds is 6. The summed E-state index contributed by atoms with van der Waals surface area (Å²) in [5, 5.41) is 4.20. The fraction of sp³-hybridized carbons (Fsp3) is 0.185. The SMILES string of the molecule is C=C[C@H]1C[C@@H](C=C)[C@H](c2ccc(P(c3ccccc3)c3ccccc3)cc2)C1. The molecule has 28 heavy (non-hydrogen) atoms.